The van der Waals surface area contributed by atoms with Crippen LogP contribution in [0.25, 0.3) is 0 Å². The summed E-state index contributed by atoms with van der Waals surface area (Å²) in [6.07, 6.45) is 1.38. The number of amides is 1. The highest BCUT2D eigenvalue weighted by Gasteiger charge is 2.38. The first-order valence-corrected chi connectivity index (χ1v) is 12.3. The minimum Gasteiger partial charge on any atom is -0.497 e. The van der Waals surface area contributed by atoms with Gasteiger partial charge in [0.25, 0.3) is 5.91 Å². The molecular weight excluding hydrogens is 481 g/mol. The molecule has 1 aliphatic carbocycles. The molecule has 1 aromatic heterocycles. The number of nitrogens with one attached hydrogen (secondary N) is 3. The number of rotatable bonds is 13. The fourth-order valence-electron chi connectivity index (χ4n) is 4.08. The number of ether oxygens (including phenoxy) is 3. The van der Waals surface area contributed by atoms with E-state index in [1.165, 1.54) is 14.2 Å². The lowest BCUT2D eigenvalue weighted by atomic mass is 10.0. The number of halogens is 1. The van der Waals surface area contributed by atoms with Crippen LogP contribution in [0.5, 0.6) is 11.5 Å². The highest BCUT2D eigenvalue weighted by atomic mass is 19.1. The smallest absolute Gasteiger partial charge is 0.252 e. The second kappa shape index (κ2) is 11.9. The largest absolute Gasteiger partial charge is 0.497 e. The van der Waals surface area contributed by atoms with Gasteiger partial charge in [-0.15, -0.1) is 0 Å². The number of pyridine rings is 1. The van der Waals surface area contributed by atoms with Gasteiger partial charge in [0.2, 0.25) is 6.41 Å². The SMILES string of the molecule is CC[C@H](N[C@@H](O)OC(C)(C)C)[C@H](Nc1nc(Nc2cc(OC)cc(OC)c2)c(C(N)=O)cc1F)C1CC1. The lowest BCUT2D eigenvalue weighted by Gasteiger charge is -2.33. The van der Waals surface area contributed by atoms with Gasteiger partial charge in [0.15, 0.2) is 11.6 Å². The summed E-state index contributed by atoms with van der Waals surface area (Å²) in [5.41, 5.74) is 5.39. The zero-order valence-corrected chi connectivity index (χ0v) is 22.2. The Hall–Kier alpha value is -3.15. The Morgan fingerprint density at radius 2 is 1.78 bits per heavy atom. The maximum absolute atomic E-state index is 15.2. The number of aromatic nitrogens is 1. The number of anilines is 3. The molecule has 0 saturated heterocycles. The van der Waals surface area contributed by atoms with Crippen molar-refractivity contribution in [2.45, 2.75) is 71.1 Å². The number of aliphatic hydroxyl groups excluding tert-OH is 1. The van der Waals surface area contributed by atoms with E-state index in [1.807, 2.05) is 27.7 Å². The lowest BCUT2D eigenvalue weighted by Crippen LogP contribution is -2.51. The van der Waals surface area contributed by atoms with Gasteiger partial charge in [-0.1, -0.05) is 6.92 Å². The monoisotopic (exact) mass is 519 g/mol. The first-order chi connectivity index (χ1) is 17.4. The van der Waals surface area contributed by atoms with E-state index in [9.17, 15) is 9.90 Å². The maximum atomic E-state index is 15.2. The van der Waals surface area contributed by atoms with Crippen molar-refractivity contribution in [3.8, 4) is 11.5 Å². The molecule has 0 bridgehead atoms. The third kappa shape index (κ3) is 7.91. The molecule has 1 fully saturated rings. The van der Waals surface area contributed by atoms with E-state index < -0.39 is 23.7 Å². The molecule has 11 heteroatoms. The number of carbonyl (C=O) groups excluding carboxylic acids is 1. The molecule has 0 aliphatic heterocycles. The Bertz CT molecular complexity index is 1070. The van der Waals surface area contributed by atoms with E-state index in [-0.39, 0.29) is 35.2 Å². The average molecular weight is 520 g/mol. The fourth-order valence-corrected chi connectivity index (χ4v) is 4.08. The Labute approximate surface area is 217 Å². The third-order valence-electron chi connectivity index (χ3n) is 5.98. The van der Waals surface area contributed by atoms with E-state index in [2.05, 4.69) is 20.9 Å². The first-order valence-electron chi connectivity index (χ1n) is 12.3. The molecule has 1 aromatic carbocycles. The van der Waals surface area contributed by atoms with Crippen LogP contribution in [-0.2, 0) is 4.74 Å². The van der Waals surface area contributed by atoms with Crippen LogP contribution >= 0.6 is 0 Å². The molecule has 1 aliphatic rings. The van der Waals surface area contributed by atoms with Crippen molar-refractivity contribution in [3.63, 3.8) is 0 Å². The average Bonchev–Trinajstić information content (AvgIpc) is 3.66. The van der Waals surface area contributed by atoms with Gasteiger partial charge in [0, 0.05) is 36.0 Å². The molecular formula is C26H38FN5O5. The summed E-state index contributed by atoms with van der Waals surface area (Å²) in [5, 5.41) is 19.8. The van der Waals surface area contributed by atoms with Crippen molar-refractivity contribution in [1.29, 1.82) is 0 Å². The molecule has 2 aromatic rings. The normalized spacial score (nSPS) is 16.0. The Morgan fingerprint density at radius 3 is 2.27 bits per heavy atom. The highest BCUT2D eigenvalue weighted by Crippen LogP contribution is 2.37. The van der Waals surface area contributed by atoms with Crippen LogP contribution in [0.3, 0.4) is 0 Å². The second-order valence-corrected chi connectivity index (χ2v) is 10.1. The second-order valence-electron chi connectivity index (χ2n) is 10.1. The van der Waals surface area contributed by atoms with Crippen LogP contribution in [0.15, 0.2) is 24.3 Å². The zero-order chi connectivity index (χ0) is 27.3. The maximum Gasteiger partial charge on any atom is 0.252 e. The number of primary amides is 1. The minimum absolute atomic E-state index is 0.0364. The number of aliphatic hydroxyl groups is 1. The molecule has 6 N–H and O–H groups in total. The molecule has 3 rings (SSSR count). The molecule has 0 spiro atoms. The molecule has 204 valence electrons. The number of nitrogens with zero attached hydrogens (tertiary/aromatic N) is 1. The molecule has 3 atom stereocenters. The standard InChI is InChI=1S/C26H38FN5O5/c1-7-20(30-25(34)37-26(2,3)4)21(14-8-9-14)31-24-19(27)13-18(22(28)33)23(32-24)29-15-10-16(35-5)12-17(11-15)36-6/h10-14,20-21,25,30,34H,7-9H2,1-6H3,(H2,28,33)(H2,29,31,32)/t20-,21+,25-/m0/s1. The van der Waals surface area contributed by atoms with Crippen LogP contribution in [-0.4, -0.2) is 54.3 Å². The van der Waals surface area contributed by atoms with Gasteiger partial charge in [-0.2, -0.15) is 0 Å². The van der Waals surface area contributed by atoms with Crippen LogP contribution in [0.4, 0.5) is 21.7 Å². The van der Waals surface area contributed by atoms with E-state index in [4.69, 9.17) is 19.9 Å². The number of hydrogen-bond acceptors (Lipinski definition) is 9. The van der Waals surface area contributed by atoms with Gasteiger partial charge in [0.1, 0.15) is 17.3 Å². The minimum atomic E-state index is -1.19. The summed E-state index contributed by atoms with van der Waals surface area (Å²) in [5.74, 6) is -0.201. The van der Waals surface area contributed by atoms with Gasteiger partial charge in [0.05, 0.1) is 25.4 Å². The van der Waals surface area contributed by atoms with Gasteiger partial charge in [-0.25, -0.2) is 9.37 Å². The molecule has 1 saturated carbocycles. The quantitative estimate of drug-likeness (QED) is 0.250. The summed E-state index contributed by atoms with van der Waals surface area (Å²) in [6, 6.07) is 5.66. The van der Waals surface area contributed by atoms with Crippen molar-refractivity contribution in [1.82, 2.24) is 10.3 Å². The number of carbonyl (C=O) groups is 1. The van der Waals surface area contributed by atoms with Gasteiger partial charge >= 0.3 is 0 Å². The fraction of sp³-hybridized carbons (Fsp3) is 0.538. The topological polar surface area (TPSA) is 140 Å². The summed E-state index contributed by atoms with van der Waals surface area (Å²) in [7, 11) is 3.04. The molecule has 0 unspecified atom stereocenters. The molecule has 37 heavy (non-hydrogen) atoms. The van der Waals surface area contributed by atoms with E-state index in [0.717, 1.165) is 18.9 Å². The molecule has 10 nitrogen and oxygen atoms in total. The molecule has 1 amide bonds. The summed E-state index contributed by atoms with van der Waals surface area (Å²) < 4.78 is 31.4. The van der Waals surface area contributed by atoms with Crippen molar-refractivity contribution in [2.24, 2.45) is 11.7 Å². The summed E-state index contributed by atoms with van der Waals surface area (Å²) in [6.45, 7) is 7.52. The predicted molar refractivity (Wildman–Crippen MR) is 140 cm³/mol. The number of methoxy groups -OCH3 is 2. The van der Waals surface area contributed by atoms with Crippen molar-refractivity contribution in [3.05, 3.63) is 35.6 Å². The van der Waals surface area contributed by atoms with E-state index in [1.54, 1.807) is 18.2 Å². The van der Waals surface area contributed by atoms with Crippen LogP contribution in [0.1, 0.15) is 57.3 Å². The van der Waals surface area contributed by atoms with Gasteiger partial charge < -0.3 is 35.7 Å². The van der Waals surface area contributed by atoms with Gasteiger partial charge in [-0.05, 0) is 52.0 Å². The van der Waals surface area contributed by atoms with Crippen LogP contribution in [0.2, 0.25) is 0 Å². The third-order valence-corrected chi connectivity index (χ3v) is 5.98. The van der Waals surface area contributed by atoms with Crippen LogP contribution in [0, 0.1) is 11.7 Å². The zero-order valence-electron chi connectivity index (χ0n) is 22.2. The number of nitrogens with two attached hydrogens (primary N) is 1. The Balaban J connectivity index is 1.91. The predicted octanol–water partition coefficient (Wildman–Crippen LogP) is 3.73. The molecule has 0 radical (unpaired) electrons. The van der Waals surface area contributed by atoms with E-state index >= 15 is 4.39 Å². The van der Waals surface area contributed by atoms with Gasteiger partial charge in [-0.3, -0.25) is 10.1 Å². The van der Waals surface area contributed by atoms with Crippen molar-refractivity contribution < 1.29 is 28.5 Å². The van der Waals surface area contributed by atoms with Crippen LogP contribution < -0.4 is 31.2 Å². The lowest BCUT2D eigenvalue weighted by molar-refractivity contribution is -0.186. The van der Waals surface area contributed by atoms with Crippen molar-refractivity contribution in [2.75, 3.05) is 24.9 Å². The highest BCUT2D eigenvalue weighted by molar-refractivity contribution is 5.98. The summed E-state index contributed by atoms with van der Waals surface area (Å²) in [4.78, 5) is 16.5. The Morgan fingerprint density at radius 1 is 1.16 bits per heavy atom. The molecule has 1 heterocycles. The first kappa shape index (κ1) is 28.4. The number of benzene rings is 1. The van der Waals surface area contributed by atoms with E-state index in [0.29, 0.717) is 23.6 Å². The Kier molecular flexibility index (Phi) is 9.16. The van der Waals surface area contributed by atoms with Crippen molar-refractivity contribution >= 4 is 23.2 Å². The summed E-state index contributed by atoms with van der Waals surface area (Å²) >= 11 is 0. The number of hydrogen-bond donors (Lipinski definition) is 5.